The average molecular weight is 383 g/mol. The van der Waals surface area contributed by atoms with Gasteiger partial charge in [0.15, 0.2) is 6.29 Å². The van der Waals surface area contributed by atoms with Crippen LogP contribution in [0.25, 0.3) is 32.6 Å². The van der Waals surface area contributed by atoms with E-state index in [-0.39, 0.29) is 0 Å². The first-order valence-electron chi connectivity index (χ1n) is 8.04. The largest absolute Gasteiger partial charge is 0.397 e. The van der Waals surface area contributed by atoms with E-state index >= 15 is 0 Å². The fraction of sp³-hybridized carbons (Fsp3) is 0.100. The van der Waals surface area contributed by atoms with Crippen LogP contribution in [0.2, 0.25) is 0 Å². The number of hydrogen-bond acceptors (Lipinski definition) is 5. The number of aldehydes is 1. The summed E-state index contributed by atoms with van der Waals surface area (Å²) in [4.78, 5) is 16.4. The van der Waals surface area contributed by atoms with E-state index in [9.17, 15) is 13.2 Å². The van der Waals surface area contributed by atoms with Crippen LogP contribution < -0.4 is 0 Å². The molecule has 4 rings (SSSR count). The second-order valence-electron chi connectivity index (χ2n) is 5.94. The van der Waals surface area contributed by atoms with Crippen LogP contribution in [-0.2, 0) is 14.6 Å². The van der Waals surface area contributed by atoms with Crippen molar-refractivity contribution in [3.05, 3.63) is 65.7 Å². The molecular formula is C20H17NO5S. The fourth-order valence-corrected chi connectivity index (χ4v) is 2.95. The summed E-state index contributed by atoms with van der Waals surface area (Å²) in [5, 5.41) is 4.06. The molecule has 0 unspecified atom stereocenters. The Morgan fingerprint density at radius 2 is 1.67 bits per heavy atom. The molecule has 1 heterocycles. The van der Waals surface area contributed by atoms with Crippen LogP contribution in [0.1, 0.15) is 15.9 Å². The van der Waals surface area contributed by atoms with E-state index in [2.05, 4.69) is 16.3 Å². The van der Waals surface area contributed by atoms with Crippen molar-refractivity contribution in [1.82, 2.24) is 4.98 Å². The lowest BCUT2D eigenvalue weighted by Gasteiger charge is -2.09. The van der Waals surface area contributed by atoms with Crippen molar-refractivity contribution in [2.24, 2.45) is 0 Å². The van der Waals surface area contributed by atoms with E-state index in [1.165, 1.54) is 0 Å². The molecule has 1 N–H and O–H groups in total. The number of aromatic nitrogens is 1. The minimum absolute atomic E-state index is 0.723. The van der Waals surface area contributed by atoms with E-state index in [1.807, 2.05) is 49.4 Å². The van der Waals surface area contributed by atoms with Crippen molar-refractivity contribution < 1.29 is 21.9 Å². The van der Waals surface area contributed by atoms with Gasteiger partial charge in [-0.05, 0) is 23.9 Å². The molecule has 0 atom stereocenters. The van der Waals surface area contributed by atoms with Gasteiger partial charge in [0.2, 0.25) is 0 Å². The molecule has 138 valence electrons. The Morgan fingerprint density at radius 3 is 2.33 bits per heavy atom. The second kappa shape index (κ2) is 7.40. The monoisotopic (exact) mass is 383 g/mol. The summed E-state index contributed by atoms with van der Waals surface area (Å²) in [5.41, 5.74) is 3.64. The van der Waals surface area contributed by atoms with Gasteiger partial charge in [0, 0.05) is 21.7 Å². The first kappa shape index (κ1) is 18.9. The Balaban J connectivity index is 0.000000307. The molecule has 0 saturated carbocycles. The Labute approximate surface area is 156 Å². The van der Waals surface area contributed by atoms with Gasteiger partial charge < -0.3 is 0 Å². The van der Waals surface area contributed by atoms with Crippen molar-refractivity contribution in [2.75, 3.05) is 7.11 Å². The number of aryl methyl sites for hydroxylation is 1. The third-order valence-electron chi connectivity index (χ3n) is 4.19. The zero-order valence-corrected chi connectivity index (χ0v) is 15.5. The molecule has 3 aromatic carbocycles. The highest BCUT2D eigenvalue weighted by molar-refractivity contribution is 7.80. The molecule has 6 nitrogen and oxygen atoms in total. The summed E-state index contributed by atoms with van der Waals surface area (Å²) < 4.78 is 29.7. The normalized spacial score (nSPS) is 11.4. The van der Waals surface area contributed by atoms with Crippen molar-refractivity contribution in [3.63, 3.8) is 0 Å². The first-order chi connectivity index (χ1) is 12.8. The Morgan fingerprint density at radius 1 is 1.00 bits per heavy atom. The van der Waals surface area contributed by atoms with Gasteiger partial charge in [-0.2, -0.15) is 8.42 Å². The summed E-state index contributed by atoms with van der Waals surface area (Å²) in [6.07, 6.45) is 0.941. The van der Waals surface area contributed by atoms with Crippen molar-refractivity contribution in [3.8, 4) is 0 Å². The second-order valence-corrected chi connectivity index (χ2v) is 7.13. The van der Waals surface area contributed by atoms with Crippen molar-refractivity contribution in [1.29, 1.82) is 0 Å². The van der Waals surface area contributed by atoms with Crippen LogP contribution in [0, 0.1) is 6.92 Å². The number of benzene rings is 3. The van der Waals surface area contributed by atoms with E-state index in [4.69, 9.17) is 9.54 Å². The van der Waals surface area contributed by atoms with E-state index in [1.54, 1.807) is 0 Å². The summed E-state index contributed by atoms with van der Waals surface area (Å²) in [5.74, 6) is 0. The molecular weight excluding hydrogens is 366 g/mol. The third-order valence-corrected chi connectivity index (χ3v) is 4.62. The number of rotatable bonds is 2. The molecule has 0 saturated heterocycles. The molecule has 1 aromatic heterocycles. The van der Waals surface area contributed by atoms with Crippen molar-refractivity contribution >= 4 is 49.3 Å². The van der Waals surface area contributed by atoms with E-state index < -0.39 is 10.4 Å². The number of hydrogen-bond donors (Lipinski definition) is 1. The topological polar surface area (TPSA) is 93.6 Å². The van der Waals surface area contributed by atoms with Crippen LogP contribution in [0.4, 0.5) is 0 Å². The molecule has 0 aliphatic carbocycles. The standard InChI is InChI=1S/C19H13NO.CH4O4S/c1-12-6-8-15-17(11-21)16-9-7-13-4-2-3-5-14(13)19(16)20-18(15)10-12;1-5-6(2,3)4/h2-11H,1H3;1H3,(H,2,3,4). The minimum atomic E-state index is -4.16. The Kier molecular flexibility index (Phi) is 5.18. The van der Waals surface area contributed by atoms with Gasteiger partial charge in [0.1, 0.15) is 0 Å². The average Bonchev–Trinajstić information content (AvgIpc) is 2.66. The third kappa shape index (κ3) is 3.95. The zero-order chi connectivity index (χ0) is 19.6. The molecule has 0 spiro atoms. The fourth-order valence-electron chi connectivity index (χ4n) is 2.95. The minimum Gasteiger partial charge on any atom is -0.298 e. The van der Waals surface area contributed by atoms with Crippen LogP contribution in [0.3, 0.4) is 0 Å². The Bertz CT molecular complexity index is 1270. The highest BCUT2D eigenvalue weighted by Gasteiger charge is 2.10. The summed E-state index contributed by atoms with van der Waals surface area (Å²) in [6.45, 7) is 2.04. The molecule has 4 aromatic rings. The number of nitrogens with zero attached hydrogens (tertiary/aromatic N) is 1. The smallest absolute Gasteiger partial charge is 0.298 e. The molecule has 27 heavy (non-hydrogen) atoms. The highest BCUT2D eigenvalue weighted by Crippen LogP contribution is 2.30. The van der Waals surface area contributed by atoms with Crippen molar-refractivity contribution in [2.45, 2.75) is 6.92 Å². The van der Waals surface area contributed by atoms with E-state index in [0.29, 0.717) is 0 Å². The lowest BCUT2D eigenvalue weighted by molar-refractivity contribution is 0.112. The van der Waals surface area contributed by atoms with Gasteiger partial charge >= 0.3 is 10.4 Å². The Hall–Kier alpha value is -2.87. The quantitative estimate of drug-likeness (QED) is 0.242. The number of carbonyl (C=O) groups excluding carboxylic acids is 1. The summed E-state index contributed by atoms with van der Waals surface area (Å²) in [7, 11) is -3.29. The van der Waals surface area contributed by atoms with Crippen LogP contribution in [0.5, 0.6) is 0 Å². The lowest BCUT2D eigenvalue weighted by atomic mass is 9.99. The van der Waals surface area contributed by atoms with Gasteiger partial charge in [-0.15, -0.1) is 0 Å². The molecule has 0 aliphatic heterocycles. The lowest BCUT2D eigenvalue weighted by Crippen LogP contribution is -1.96. The predicted octanol–water partition coefficient (Wildman–Crippen LogP) is 4.10. The number of fused-ring (bicyclic) bond motifs is 4. The maximum atomic E-state index is 11.6. The van der Waals surface area contributed by atoms with Crippen LogP contribution in [0.15, 0.2) is 54.6 Å². The number of pyridine rings is 1. The first-order valence-corrected chi connectivity index (χ1v) is 9.40. The molecule has 0 aliphatic rings. The summed E-state index contributed by atoms with van der Waals surface area (Å²) in [6, 6.07) is 18.2. The maximum absolute atomic E-state index is 11.6. The van der Waals surface area contributed by atoms with Gasteiger partial charge in [0.25, 0.3) is 0 Å². The van der Waals surface area contributed by atoms with Gasteiger partial charge in [-0.25, -0.2) is 4.98 Å². The zero-order valence-electron chi connectivity index (χ0n) is 14.7. The van der Waals surface area contributed by atoms with Gasteiger partial charge in [-0.3, -0.25) is 13.5 Å². The molecule has 0 radical (unpaired) electrons. The van der Waals surface area contributed by atoms with E-state index in [0.717, 1.165) is 57.1 Å². The molecule has 0 bridgehead atoms. The predicted molar refractivity (Wildman–Crippen MR) is 105 cm³/mol. The molecule has 0 amide bonds. The SMILES string of the molecule is COS(=O)(=O)O.Cc1ccc2c(C=O)c3ccc4ccccc4c3nc2c1. The summed E-state index contributed by atoms with van der Waals surface area (Å²) >= 11 is 0. The van der Waals surface area contributed by atoms with Crippen LogP contribution >= 0.6 is 0 Å². The highest BCUT2D eigenvalue weighted by atomic mass is 32.3. The van der Waals surface area contributed by atoms with Gasteiger partial charge in [-0.1, -0.05) is 48.5 Å². The molecule has 7 heteroatoms. The maximum Gasteiger partial charge on any atom is 0.397 e. The molecule has 0 fully saturated rings. The van der Waals surface area contributed by atoms with Crippen LogP contribution in [-0.4, -0.2) is 31.4 Å². The number of carbonyl (C=O) groups is 1. The van der Waals surface area contributed by atoms with Gasteiger partial charge in [0.05, 0.1) is 18.1 Å².